The first-order chi connectivity index (χ1) is 17.0. The van der Waals surface area contributed by atoms with Crippen molar-refractivity contribution in [3.8, 4) is 0 Å². The average Bonchev–Trinajstić information content (AvgIpc) is 3.12. The first-order valence-electron chi connectivity index (χ1n) is 11.3. The van der Waals surface area contributed by atoms with Crippen LogP contribution in [0.1, 0.15) is 48.2 Å². The lowest BCUT2D eigenvalue weighted by molar-refractivity contribution is -0.384. The summed E-state index contributed by atoms with van der Waals surface area (Å²) in [7, 11) is 0. The average molecular weight is 514 g/mol. The molecule has 4 rings (SSSR count). The summed E-state index contributed by atoms with van der Waals surface area (Å²) in [5.74, 6) is -1.10. The summed E-state index contributed by atoms with van der Waals surface area (Å²) in [5.41, 5.74) is 2.01. The fourth-order valence-electron chi connectivity index (χ4n) is 4.45. The van der Waals surface area contributed by atoms with Gasteiger partial charge in [-0.05, 0) is 43.5 Å². The molecule has 2 aromatic rings. The van der Waals surface area contributed by atoms with Gasteiger partial charge in [-0.25, -0.2) is 4.79 Å². The number of urea groups is 1. The van der Waals surface area contributed by atoms with Gasteiger partial charge in [-0.15, -0.1) is 0 Å². The Bertz CT molecular complexity index is 1280. The Balaban J connectivity index is 1.47. The lowest BCUT2D eigenvalue weighted by Gasteiger charge is -2.29. The molecule has 2 aliphatic rings. The van der Waals surface area contributed by atoms with Crippen LogP contribution in [0.15, 0.2) is 36.4 Å². The molecule has 0 saturated carbocycles. The second kappa shape index (κ2) is 9.94. The Morgan fingerprint density at radius 2 is 2.00 bits per heavy atom. The van der Waals surface area contributed by atoms with Gasteiger partial charge in [0.05, 0.1) is 10.6 Å². The Kier molecular flexibility index (Phi) is 6.93. The molecule has 1 fully saturated rings. The summed E-state index contributed by atoms with van der Waals surface area (Å²) in [6, 6.07) is 7.67. The third-order valence-corrected chi connectivity index (χ3v) is 6.34. The molecule has 0 aliphatic carbocycles. The second-order valence-corrected chi connectivity index (χ2v) is 9.38. The monoisotopic (exact) mass is 513 g/mol. The van der Waals surface area contributed by atoms with Crippen molar-refractivity contribution in [3.05, 3.63) is 68.2 Å². The van der Waals surface area contributed by atoms with Crippen LogP contribution in [0.4, 0.5) is 16.2 Å². The second-order valence-electron chi connectivity index (χ2n) is 8.94. The summed E-state index contributed by atoms with van der Waals surface area (Å²) < 4.78 is 0. The molecule has 1 unspecified atom stereocenters. The molecule has 1 atom stereocenters. The van der Waals surface area contributed by atoms with Crippen LogP contribution in [0.25, 0.3) is 0 Å². The van der Waals surface area contributed by atoms with Crippen molar-refractivity contribution >= 4 is 46.7 Å². The summed E-state index contributed by atoms with van der Waals surface area (Å²) in [6.07, 6.45) is 0.454. The van der Waals surface area contributed by atoms with Gasteiger partial charge >= 0.3 is 6.03 Å². The third-order valence-electron chi connectivity index (χ3n) is 6.12. The van der Waals surface area contributed by atoms with Crippen LogP contribution >= 0.6 is 11.6 Å². The summed E-state index contributed by atoms with van der Waals surface area (Å²) >= 11 is 6.03. The highest BCUT2D eigenvalue weighted by Crippen LogP contribution is 2.30. The fraction of sp³-hybridized carbons (Fsp3) is 0.333. The first-order valence-corrected chi connectivity index (χ1v) is 11.7. The lowest BCUT2D eigenvalue weighted by Crippen LogP contribution is -2.52. The van der Waals surface area contributed by atoms with Gasteiger partial charge in [-0.2, -0.15) is 0 Å². The van der Waals surface area contributed by atoms with E-state index in [4.69, 9.17) is 11.6 Å². The number of amides is 5. The SMILES string of the molecule is CC(C)N(C(=O)NCc1ccc2c(c1)CN(C1CCC(=O)NC1=O)C2=O)c1cc(Cl)cc([N+](=O)[O-])c1. The zero-order valence-corrected chi connectivity index (χ0v) is 20.4. The smallest absolute Gasteiger partial charge is 0.322 e. The fourth-order valence-corrected chi connectivity index (χ4v) is 4.68. The number of nitrogens with zero attached hydrogens (tertiary/aromatic N) is 3. The number of nitro benzene ring substituents is 1. The van der Waals surface area contributed by atoms with Crippen LogP contribution < -0.4 is 15.5 Å². The van der Waals surface area contributed by atoms with Crippen molar-refractivity contribution in [1.82, 2.24) is 15.5 Å². The first kappa shape index (κ1) is 25.1. The number of hydrogen-bond acceptors (Lipinski definition) is 6. The van der Waals surface area contributed by atoms with Gasteiger partial charge in [0.1, 0.15) is 6.04 Å². The van der Waals surface area contributed by atoms with Gasteiger partial charge in [-0.3, -0.25) is 34.7 Å². The standard InChI is InChI=1S/C24H24ClN5O6/c1-13(2)29(17-8-16(25)9-18(10-17)30(35)36)24(34)26-11-14-3-4-19-15(7-14)12-28(23(19)33)20-5-6-21(31)27-22(20)32/h3-4,7-10,13,20H,5-6,11-12H2,1-2H3,(H,26,34)(H,27,31,32). The molecule has 2 aromatic carbocycles. The van der Waals surface area contributed by atoms with E-state index in [1.165, 1.54) is 28.0 Å². The molecule has 11 nitrogen and oxygen atoms in total. The van der Waals surface area contributed by atoms with Crippen molar-refractivity contribution in [1.29, 1.82) is 0 Å². The Morgan fingerprint density at radius 1 is 1.25 bits per heavy atom. The number of nitrogens with one attached hydrogen (secondary N) is 2. The van der Waals surface area contributed by atoms with E-state index in [0.29, 0.717) is 11.3 Å². The van der Waals surface area contributed by atoms with E-state index < -0.39 is 22.9 Å². The van der Waals surface area contributed by atoms with E-state index in [0.717, 1.165) is 11.1 Å². The number of rotatable bonds is 6. The highest BCUT2D eigenvalue weighted by atomic mass is 35.5. The molecular weight excluding hydrogens is 490 g/mol. The van der Waals surface area contributed by atoms with E-state index in [-0.39, 0.29) is 54.5 Å². The van der Waals surface area contributed by atoms with Crippen molar-refractivity contribution in [3.63, 3.8) is 0 Å². The minimum Gasteiger partial charge on any atom is -0.334 e. The van der Waals surface area contributed by atoms with Gasteiger partial charge in [0.15, 0.2) is 0 Å². The number of imide groups is 1. The van der Waals surface area contributed by atoms with Crippen molar-refractivity contribution in [2.24, 2.45) is 0 Å². The maximum Gasteiger partial charge on any atom is 0.322 e. The molecule has 2 heterocycles. The summed E-state index contributed by atoms with van der Waals surface area (Å²) in [5, 5.41) is 16.4. The number of halogens is 1. The van der Waals surface area contributed by atoms with Gasteiger partial charge in [0.25, 0.3) is 11.6 Å². The molecule has 36 heavy (non-hydrogen) atoms. The number of nitro groups is 1. The molecule has 188 valence electrons. The van der Waals surface area contributed by atoms with Crippen molar-refractivity contribution in [2.75, 3.05) is 4.90 Å². The van der Waals surface area contributed by atoms with Crippen LogP contribution in [-0.2, 0) is 22.7 Å². The van der Waals surface area contributed by atoms with Gasteiger partial charge in [-0.1, -0.05) is 23.7 Å². The minimum atomic E-state index is -0.702. The number of benzene rings is 2. The molecule has 12 heteroatoms. The zero-order chi connectivity index (χ0) is 26.1. The van der Waals surface area contributed by atoms with Crippen molar-refractivity contribution in [2.45, 2.75) is 51.9 Å². The molecule has 0 radical (unpaired) electrons. The summed E-state index contributed by atoms with van der Waals surface area (Å²) in [6.45, 7) is 3.92. The number of anilines is 1. The van der Waals surface area contributed by atoms with Crippen molar-refractivity contribution < 1.29 is 24.1 Å². The Morgan fingerprint density at radius 3 is 2.67 bits per heavy atom. The third kappa shape index (κ3) is 5.01. The van der Waals surface area contributed by atoms with Crippen LogP contribution in [-0.4, -0.2) is 45.7 Å². The number of fused-ring (bicyclic) bond motifs is 1. The highest BCUT2D eigenvalue weighted by molar-refractivity contribution is 6.31. The number of hydrogen-bond donors (Lipinski definition) is 2. The maximum atomic E-state index is 13.0. The Labute approximate surface area is 211 Å². The normalized spacial score (nSPS) is 17.2. The predicted octanol–water partition coefficient (Wildman–Crippen LogP) is 3.13. The van der Waals surface area contributed by atoms with Gasteiger partial charge in [0, 0.05) is 48.3 Å². The maximum absolute atomic E-state index is 13.0. The quantitative estimate of drug-likeness (QED) is 0.345. The summed E-state index contributed by atoms with van der Waals surface area (Å²) in [4.78, 5) is 63.0. The molecule has 0 aromatic heterocycles. The largest absolute Gasteiger partial charge is 0.334 e. The molecule has 0 spiro atoms. The molecule has 2 N–H and O–H groups in total. The molecule has 2 aliphatic heterocycles. The van der Waals surface area contributed by atoms with Gasteiger partial charge < -0.3 is 10.2 Å². The Hall–Kier alpha value is -3.99. The number of carbonyl (C=O) groups is 4. The van der Waals surface area contributed by atoms with Crippen LogP contribution in [0.5, 0.6) is 0 Å². The minimum absolute atomic E-state index is 0.140. The molecule has 0 bridgehead atoms. The van der Waals surface area contributed by atoms with E-state index in [1.807, 2.05) is 0 Å². The zero-order valence-electron chi connectivity index (χ0n) is 19.6. The van der Waals surface area contributed by atoms with E-state index in [9.17, 15) is 29.3 Å². The van der Waals surface area contributed by atoms with E-state index >= 15 is 0 Å². The van der Waals surface area contributed by atoms with Crippen LogP contribution in [0.2, 0.25) is 5.02 Å². The van der Waals surface area contributed by atoms with Gasteiger partial charge in [0.2, 0.25) is 11.8 Å². The molecular formula is C24H24ClN5O6. The highest BCUT2D eigenvalue weighted by Gasteiger charge is 2.39. The lowest BCUT2D eigenvalue weighted by atomic mass is 10.0. The predicted molar refractivity (Wildman–Crippen MR) is 130 cm³/mol. The van der Waals surface area contributed by atoms with Crippen LogP contribution in [0.3, 0.4) is 0 Å². The number of carbonyl (C=O) groups excluding carboxylic acids is 4. The number of piperidine rings is 1. The van der Waals surface area contributed by atoms with E-state index in [2.05, 4.69) is 10.6 Å². The van der Waals surface area contributed by atoms with Crippen LogP contribution in [0, 0.1) is 10.1 Å². The number of non-ortho nitro benzene ring substituents is 1. The molecule has 1 saturated heterocycles. The topological polar surface area (TPSA) is 142 Å². The van der Waals surface area contributed by atoms with E-state index in [1.54, 1.807) is 32.0 Å². The molecule has 5 amide bonds.